The molecule has 1 saturated carbocycles. The van der Waals surface area contributed by atoms with Crippen LogP contribution in [0.15, 0.2) is 18.6 Å². The molecule has 106 valence electrons. The number of hydrogen-bond donors (Lipinski definition) is 1. The van der Waals surface area contributed by atoms with Crippen LogP contribution < -0.4 is 5.73 Å². The van der Waals surface area contributed by atoms with Crippen molar-refractivity contribution in [3.05, 3.63) is 24.3 Å². The highest BCUT2D eigenvalue weighted by molar-refractivity contribution is 5.11. The lowest BCUT2D eigenvalue weighted by Gasteiger charge is -2.46. The maximum Gasteiger partial charge on any atom is 0.0890 e. The molecule has 2 rings (SSSR count). The Balaban J connectivity index is 2.20. The minimum absolute atomic E-state index is 0.197. The Hall–Kier alpha value is -1.00. The Labute approximate surface area is 115 Å². The molecule has 0 spiro atoms. The normalized spacial score (nSPS) is 22.9. The van der Waals surface area contributed by atoms with E-state index in [1.807, 2.05) is 6.92 Å². The predicted molar refractivity (Wildman–Crippen MR) is 75.6 cm³/mol. The number of nitrogens with two attached hydrogens (primary N) is 1. The fraction of sp³-hybridized carbons (Fsp3) is 0.733. The van der Waals surface area contributed by atoms with E-state index in [0.29, 0.717) is 12.0 Å². The van der Waals surface area contributed by atoms with Crippen LogP contribution in [-0.2, 0) is 4.74 Å². The van der Waals surface area contributed by atoms with Crippen molar-refractivity contribution < 1.29 is 4.74 Å². The summed E-state index contributed by atoms with van der Waals surface area (Å²) in [4.78, 5) is 8.47. The first-order valence-electron chi connectivity index (χ1n) is 7.15. The predicted octanol–water partition coefficient (Wildman–Crippen LogP) is 2.85. The summed E-state index contributed by atoms with van der Waals surface area (Å²) in [6, 6.07) is -0.197. The molecule has 19 heavy (non-hydrogen) atoms. The zero-order valence-electron chi connectivity index (χ0n) is 12.2. The number of nitrogens with zero attached hydrogens (tertiary/aromatic N) is 2. The van der Waals surface area contributed by atoms with Gasteiger partial charge >= 0.3 is 0 Å². The van der Waals surface area contributed by atoms with Crippen molar-refractivity contribution in [2.75, 3.05) is 6.61 Å². The second-order valence-electron chi connectivity index (χ2n) is 6.27. The van der Waals surface area contributed by atoms with Crippen molar-refractivity contribution in [2.45, 2.75) is 58.1 Å². The summed E-state index contributed by atoms with van der Waals surface area (Å²) >= 11 is 0. The molecule has 0 radical (unpaired) electrons. The molecule has 1 aliphatic carbocycles. The Morgan fingerprint density at radius 1 is 1.26 bits per heavy atom. The summed E-state index contributed by atoms with van der Waals surface area (Å²) < 4.78 is 6.09. The van der Waals surface area contributed by atoms with Gasteiger partial charge < -0.3 is 10.5 Å². The van der Waals surface area contributed by atoms with E-state index in [-0.39, 0.29) is 11.6 Å². The van der Waals surface area contributed by atoms with Crippen molar-refractivity contribution in [2.24, 2.45) is 11.1 Å². The Kier molecular flexibility index (Phi) is 4.21. The van der Waals surface area contributed by atoms with E-state index in [1.165, 1.54) is 0 Å². The van der Waals surface area contributed by atoms with Gasteiger partial charge in [-0.1, -0.05) is 13.8 Å². The van der Waals surface area contributed by atoms with Gasteiger partial charge in [0.05, 0.1) is 23.5 Å². The molecule has 1 unspecified atom stereocenters. The third-order valence-corrected chi connectivity index (χ3v) is 4.35. The maximum absolute atomic E-state index is 6.45. The molecule has 1 fully saturated rings. The van der Waals surface area contributed by atoms with E-state index < -0.39 is 0 Å². The smallest absolute Gasteiger partial charge is 0.0890 e. The summed E-state index contributed by atoms with van der Waals surface area (Å²) in [6.07, 6.45) is 9.39. The van der Waals surface area contributed by atoms with Gasteiger partial charge in [0.1, 0.15) is 0 Å². The van der Waals surface area contributed by atoms with Crippen molar-refractivity contribution >= 4 is 0 Å². The Bertz CT molecular complexity index is 395. The van der Waals surface area contributed by atoms with E-state index in [0.717, 1.165) is 31.4 Å². The average Bonchev–Trinajstić information content (AvgIpc) is 2.42. The summed E-state index contributed by atoms with van der Waals surface area (Å²) in [7, 11) is 0. The second kappa shape index (κ2) is 5.55. The minimum Gasteiger partial charge on any atom is -0.373 e. The Morgan fingerprint density at radius 3 is 2.47 bits per heavy atom. The summed E-state index contributed by atoms with van der Waals surface area (Å²) in [6.45, 7) is 7.35. The summed E-state index contributed by atoms with van der Waals surface area (Å²) in [5.74, 6) is 0. The topological polar surface area (TPSA) is 61.0 Å². The minimum atomic E-state index is -0.277. The van der Waals surface area contributed by atoms with Gasteiger partial charge in [0.15, 0.2) is 0 Å². The van der Waals surface area contributed by atoms with Crippen LogP contribution in [0.1, 0.15) is 58.2 Å². The van der Waals surface area contributed by atoms with Crippen molar-refractivity contribution in [3.8, 4) is 0 Å². The molecule has 0 saturated heterocycles. The van der Waals surface area contributed by atoms with Crippen LogP contribution in [0.4, 0.5) is 0 Å². The molecule has 0 amide bonds. The van der Waals surface area contributed by atoms with Crippen LogP contribution in [-0.4, -0.2) is 22.2 Å². The monoisotopic (exact) mass is 263 g/mol. The summed E-state index contributed by atoms with van der Waals surface area (Å²) in [5, 5.41) is 0. The maximum atomic E-state index is 6.45. The van der Waals surface area contributed by atoms with Gasteiger partial charge in [0.2, 0.25) is 0 Å². The SMILES string of the molecule is CCOC1(C(N)c2cnccn2)CCC(C)(C)CC1. The molecule has 1 atom stereocenters. The van der Waals surface area contributed by atoms with Crippen LogP contribution in [0.5, 0.6) is 0 Å². The lowest BCUT2D eigenvalue weighted by molar-refractivity contribution is -0.101. The second-order valence-corrected chi connectivity index (χ2v) is 6.27. The number of ether oxygens (including phenoxy) is 1. The largest absolute Gasteiger partial charge is 0.373 e. The highest BCUT2D eigenvalue weighted by Crippen LogP contribution is 2.46. The van der Waals surface area contributed by atoms with Crippen LogP contribution >= 0.6 is 0 Å². The van der Waals surface area contributed by atoms with E-state index >= 15 is 0 Å². The van der Waals surface area contributed by atoms with Crippen LogP contribution in [0, 0.1) is 5.41 Å². The third-order valence-electron chi connectivity index (χ3n) is 4.35. The van der Waals surface area contributed by atoms with E-state index in [2.05, 4.69) is 23.8 Å². The first kappa shape index (κ1) is 14.4. The van der Waals surface area contributed by atoms with E-state index in [1.54, 1.807) is 18.6 Å². The molecule has 1 aromatic rings. The van der Waals surface area contributed by atoms with Gasteiger partial charge in [-0.3, -0.25) is 9.97 Å². The number of aromatic nitrogens is 2. The van der Waals surface area contributed by atoms with Gasteiger partial charge in [-0.15, -0.1) is 0 Å². The lowest BCUT2D eigenvalue weighted by Crippen LogP contribution is -2.48. The molecule has 0 aliphatic heterocycles. The molecule has 1 aliphatic rings. The zero-order valence-corrected chi connectivity index (χ0v) is 12.2. The van der Waals surface area contributed by atoms with Crippen LogP contribution in [0.25, 0.3) is 0 Å². The van der Waals surface area contributed by atoms with E-state index in [4.69, 9.17) is 10.5 Å². The van der Waals surface area contributed by atoms with Gasteiger partial charge in [0, 0.05) is 19.0 Å². The van der Waals surface area contributed by atoms with E-state index in [9.17, 15) is 0 Å². The van der Waals surface area contributed by atoms with Crippen molar-refractivity contribution in [3.63, 3.8) is 0 Å². The Morgan fingerprint density at radius 2 is 1.95 bits per heavy atom. The first-order chi connectivity index (χ1) is 8.99. The van der Waals surface area contributed by atoms with Gasteiger partial charge in [-0.25, -0.2) is 0 Å². The quantitative estimate of drug-likeness (QED) is 0.907. The average molecular weight is 263 g/mol. The standard InChI is InChI=1S/C15H25N3O/c1-4-19-15(7-5-14(2,3)6-8-15)13(16)12-11-17-9-10-18-12/h9-11,13H,4-8,16H2,1-3H3. The fourth-order valence-corrected chi connectivity index (χ4v) is 2.92. The molecular weight excluding hydrogens is 238 g/mol. The molecule has 0 aromatic carbocycles. The zero-order chi connectivity index (χ0) is 13.9. The molecule has 1 heterocycles. The van der Waals surface area contributed by atoms with Crippen LogP contribution in [0.2, 0.25) is 0 Å². The molecular formula is C15H25N3O. The number of rotatable bonds is 4. The van der Waals surface area contributed by atoms with Crippen molar-refractivity contribution in [1.29, 1.82) is 0 Å². The van der Waals surface area contributed by atoms with Gasteiger partial charge in [-0.05, 0) is 38.0 Å². The molecule has 4 heteroatoms. The summed E-state index contributed by atoms with van der Waals surface area (Å²) in [5.41, 5.74) is 7.40. The highest BCUT2D eigenvalue weighted by atomic mass is 16.5. The fourth-order valence-electron chi connectivity index (χ4n) is 2.92. The van der Waals surface area contributed by atoms with Crippen LogP contribution in [0.3, 0.4) is 0 Å². The molecule has 4 nitrogen and oxygen atoms in total. The molecule has 1 aromatic heterocycles. The van der Waals surface area contributed by atoms with Gasteiger partial charge in [0.25, 0.3) is 0 Å². The highest BCUT2D eigenvalue weighted by Gasteiger charge is 2.44. The van der Waals surface area contributed by atoms with Crippen molar-refractivity contribution in [1.82, 2.24) is 9.97 Å². The lowest BCUT2D eigenvalue weighted by atomic mass is 9.68. The van der Waals surface area contributed by atoms with Gasteiger partial charge in [-0.2, -0.15) is 0 Å². The number of hydrogen-bond acceptors (Lipinski definition) is 4. The first-order valence-corrected chi connectivity index (χ1v) is 7.15. The molecule has 0 bridgehead atoms. The third kappa shape index (κ3) is 3.12. The molecule has 2 N–H and O–H groups in total.